The van der Waals surface area contributed by atoms with Gasteiger partial charge in [0.25, 0.3) is 5.56 Å². The van der Waals surface area contributed by atoms with Crippen LogP contribution < -0.4 is 15.6 Å². The highest BCUT2D eigenvalue weighted by Gasteiger charge is 2.27. The lowest BCUT2D eigenvalue weighted by molar-refractivity contribution is -0.120. The van der Waals surface area contributed by atoms with E-state index in [4.69, 9.17) is 9.53 Å². The van der Waals surface area contributed by atoms with Crippen LogP contribution in [0.5, 0.6) is 5.75 Å². The summed E-state index contributed by atoms with van der Waals surface area (Å²) in [5.74, 6) is 1.05. The minimum Gasteiger partial charge on any atom is -0.493 e. The molecule has 1 unspecified atom stereocenters. The molecule has 1 aliphatic rings. The highest BCUT2D eigenvalue weighted by atomic mass is 16.5. The Labute approximate surface area is 183 Å². The van der Waals surface area contributed by atoms with Crippen molar-refractivity contribution in [1.29, 1.82) is 0 Å². The number of carbonyl (C=O) groups excluding carboxylic acids is 2. The summed E-state index contributed by atoms with van der Waals surface area (Å²) in [4.78, 5) is 43.1. The van der Waals surface area contributed by atoms with Crippen molar-refractivity contribution in [2.75, 3.05) is 25.5 Å². The second-order valence-electron chi connectivity index (χ2n) is 7.55. The predicted octanol–water partition coefficient (Wildman–Crippen LogP) is 3.08. The number of aromatic nitrogens is 2. The molecule has 0 aliphatic carbocycles. The number of likely N-dealkylation sites (N-methyl/N-ethyl adjacent to an activating group) is 1. The van der Waals surface area contributed by atoms with Crippen molar-refractivity contribution < 1.29 is 14.3 Å². The van der Waals surface area contributed by atoms with Crippen molar-refractivity contribution in [2.24, 2.45) is 0 Å². The molecular formula is C23H32N4O4. The minimum absolute atomic E-state index is 0.0188. The average molecular weight is 429 g/mol. The Bertz CT molecular complexity index is 971. The van der Waals surface area contributed by atoms with Gasteiger partial charge in [-0.2, -0.15) is 0 Å². The molecule has 1 aliphatic heterocycles. The number of nitrogens with zero attached hydrogens (tertiary/aromatic N) is 2. The largest absolute Gasteiger partial charge is 0.493 e. The highest BCUT2D eigenvalue weighted by molar-refractivity contribution is 5.95. The highest BCUT2D eigenvalue weighted by Crippen LogP contribution is 2.31. The molecule has 0 radical (unpaired) electrons. The number of nitrogens with one attached hydrogen (secondary N) is 2. The van der Waals surface area contributed by atoms with Crippen LogP contribution in [0.4, 0.5) is 5.69 Å². The summed E-state index contributed by atoms with van der Waals surface area (Å²) in [6, 6.07) is 5.33. The molecule has 168 valence electrons. The van der Waals surface area contributed by atoms with Gasteiger partial charge < -0.3 is 19.8 Å². The molecule has 0 saturated carbocycles. The Hall–Kier alpha value is -3.00. The topological polar surface area (TPSA) is 104 Å². The molecular weight excluding hydrogens is 396 g/mol. The SMILES string of the molecule is CC=O.CCCOc1ccc(NC(=O)C2CCCN2C)cc1-c1nc(C)c(C)c(=O)[nH]1. The number of aryl methyl sites for hydroxylation is 1. The summed E-state index contributed by atoms with van der Waals surface area (Å²) >= 11 is 0. The van der Waals surface area contributed by atoms with Gasteiger partial charge in [-0.25, -0.2) is 4.98 Å². The number of benzene rings is 1. The van der Waals surface area contributed by atoms with E-state index < -0.39 is 0 Å². The van der Waals surface area contributed by atoms with E-state index in [1.54, 1.807) is 6.92 Å². The third-order valence-electron chi connectivity index (χ3n) is 5.18. The third kappa shape index (κ3) is 6.24. The zero-order valence-electron chi connectivity index (χ0n) is 18.9. The van der Waals surface area contributed by atoms with Crippen LogP contribution in [0.25, 0.3) is 11.4 Å². The maximum atomic E-state index is 12.6. The van der Waals surface area contributed by atoms with Gasteiger partial charge in [0.15, 0.2) is 0 Å². The van der Waals surface area contributed by atoms with E-state index in [0.29, 0.717) is 40.7 Å². The fourth-order valence-corrected chi connectivity index (χ4v) is 3.37. The standard InChI is InChI=1S/C21H28N4O3.C2H4O/c1-5-11-28-18-9-8-15(23-21(27)17-7-6-10-25(17)4)12-16(18)19-22-14(3)13(2)20(26)24-19;1-2-3/h8-9,12,17H,5-7,10-11H2,1-4H3,(H,23,27)(H,22,24,26);2H,1H3. The van der Waals surface area contributed by atoms with Crippen LogP contribution >= 0.6 is 0 Å². The minimum atomic E-state index is -0.175. The number of anilines is 1. The first-order valence-electron chi connectivity index (χ1n) is 10.6. The van der Waals surface area contributed by atoms with Crippen molar-refractivity contribution in [3.63, 3.8) is 0 Å². The maximum absolute atomic E-state index is 12.6. The number of aldehydes is 1. The van der Waals surface area contributed by atoms with Crippen molar-refractivity contribution in [3.8, 4) is 17.1 Å². The van der Waals surface area contributed by atoms with E-state index in [0.717, 1.165) is 32.1 Å². The lowest BCUT2D eigenvalue weighted by atomic mass is 10.1. The van der Waals surface area contributed by atoms with Crippen LogP contribution in [0.3, 0.4) is 0 Å². The molecule has 3 rings (SSSR count). The molecule has 2 heterocycles. The lowest BCUT2D eigenvalue weighted by Crippen LogP contribution is -2.37. The van der Waals surface area contributed by atoms with Gasteiger partial charge in [-0.05, 0) is 71.8 Å². The smallest absolute Gasteiger partial charge is 0.254 e. The van der Waals surface area contributed by atoms with Crippen LogP contribution in [0, 0.1) is 13.8 Å². The summed E-state index contributed by atoms with van der Waals surface area (Å²) in [6.07, 6.45) is 3.50. The van der Waals surface area contributed by atoms with E-state index in [1.807, 2.05) is 39.1 Å². The van der Waals surface area contributed by atoms with Crippen LogP contribution in [0.2, 0.25) is 0 Å². The Morgan fingerprint density at radius 2 is 2.10 bits per heavy atom. The van der Waals surface area contributed by atoms with Gasteiger partial charge in [0.2, 0.25) is 5.91 Å². The maximum Gasteiger partial charge on any atom is 0.254 e. The number of hydrogen-bond donors (Lipinski definition) is 2. The van der Waals surface area contributed by atoms with E-state index >= 15 is 0 Å². The Morgan fingerprint density at radius 1 is 1.39 bits per heavy atom. The van der Waals surface area contributed by atoms with Gasteiger partial charge in [-0.1, -0.05) is 6.92 Å². The van der Waals surface area contributed by atoms with Crippen molar-refractivity contribution >= 4 is 17.9 Å². The molecule has 1 atom stereocenters. The molecule has 2 N–H and O–H groups in total. The number of hydrogen-bond acceptors (Lipinski definition) is 6. The fraction of sp³-hybridized carbons (Fsp3) is 0.478. The number of ether oxygens (including phenoxy) is 1. The first-order valence-corrected chi connectivity index (χ1v) is 10.6. The Kier molecular flexibility index (Phi) is 8.93. The summed E-state index contributed by atoms with van der Waals surface area (Å²) in [5, 5.41) is 2.99. The van der Waals surface area contributed by atoms with E-state index in [9.17, 15) is 9.59 Å². The van der Waals surface area contributed by atoms with Gasteiger partial charge in [-0.15, -0.1) is 0 Å². The van der Waals surface area contributed by atoms with Crippen LogP contribution in [0.1, 0.15) is 44.4 Å². The number of carbonyl (C=O) groups is 2. The normalized spacial score (nSPS) is 15.7. The van der Waals surface area contributed by atoms with Crippen LogP contribution in [-0.2, 0) is 9.59 Å². The monoisotopic (exact) mass is 428 g/mol. The molecule has 8 heteroatoms. The molecule has 1 aromatic heterocycles. The lowest BCUT2D eigenvalue weighted by Gasteiger charge is -2.19. The first-order chi connectivity index (χ1) is 14.8. The second kappa shape index (κ2) is 11.4. The molecule has 1 fully saturated rings. The van der Waals surface area contributed by atoms with Gasteiger partial charge in [-0.3, -0.25) is 14.5 Å². The quantitative estimate of drug-likeness (QED) is 0.685. The van der Waals surface area contributed by atoms with E-state index in [2.05, 4.69) is 20.2 Å². The Morgan fingerprint density at radius 3 is 2.68 bits per heavy atom. The molecule has 8 nitrogen and oxygen atoms in total. The second-order valence-corrected chi connectivity index (χ2v) is 7.55. The number of rotatable bonds is 6. The molecule has 1 amide bonds. The van der Waals surface area contributed by atoms with Gasteiger partial charge in [0, 0.05) is 16.9 Å². The third-order valence-corrected chi connectivity index (χ3v) is 5.18. The molecule has 2 aromatic rings. The van der Waals surface area contributed by atoms with Gasteiger partial charge >= 0.3 is 0 Å². The van der Waals surface area contributed by atoms with E-state index in [-0.39, 0.29) is 17.5 Å². The summed E-state index contributed by atoms with van der Waals surface area (Å²) in [7, 11) is 1.97. The molecule has 31 heavy (non-hydrogen) atoms. The van der Waals surface area contributed by atoms with Crippen molar-refractivity contribution in [3.05, 3.63) is 39.8 Å². The van der Waals surface area contributed by atoms with Gasteiger partial charge in [0.1, 0.15) is 17.9 Å². The molecule has 1 saturated heterocycles. The van der Waals surface area contributed by atoms with Crippen LogP contribution in [0.15, 0.2) is 23.0 Å². The fourth-order valence-electron chi connectivity index (χ4n) is 3.37. The summed E-state index contributed by atoms with van der Waals surface area (Å²) in [6.45, 7) is 8.51. The van der Waals surface area contributed by atoms with Crippen molar-refractivity contribution in [2.45, 2.75) is 53.0 Å². The average Bonchev–Trinajstić information content (AvgIpc) is 3.17. The first kappa shape index (κ1) is 24.3. The zero-order chi connectivity index (χ0) is 23.0. The zero-order valence-corrected chi connectivity index (χ0v) is 18.9. The van der Waals surface area contributed by atoms with Crippen molar-refractivity contribution in [1.82, 2.24) is 14.9 Å². The molecule has 0 spiro atoms. The van der Waals surface area contributed by atoms with Crippen LogP contribution in [-0.4, -0.2) is 53.3 Å². The number of H-pyrrole nitrogens is 1. The molecule has 1 aromatic carbocycles. The number of aromatic amines is 1. The van der Waals surface area contributed by atoms with Gasteiger partial charge in [0.05, 0.1) is 18.2 Å². The molecule has 0 bridgehead atoms. The summed E-state index contributed by atoms with van der Waals surface area (Å²) in [5.41, 5.74) is 2.40. The summed E-state index contributed by atoms with van der Waals surface area (Å²) < 4.78 is 5.84. The number of likely N-dealkylation sites (tertiary alicyclic amines) is 1. The number of amides is 1. The Balaban J connectivity index is 0.00000107. The van der Waals surface area contributed by atoms with E-state index in [1.165, 1.54) is 6.92 Å². The predicted molar refractivity (Wildman–Crippen MR) is 122 cm³/mol.